The van der Waals surface area contributed by atoms with Crippen LogP contribution in [0.15, 0.2) is 53.4 Å². The zero-order valence-electron chi connectivity index (χ0n) is 14.6. The number of anilines is 2. The molecule has 138 valence electrons. The second-order valence-electron chi connectivity index (χ2n) is 5.77. The summed E-state index contributed by atoms with van der Waals surface area (Å²) in [7, 11) is -3.64. The molecule has 0 fully saturated rings. The number of carbonyl (C=O) groups is 2. The Hall–Kier alpha value is -2.71. The van der Waals surface area contributed by atoms with Crippen LogP contribution in [0, 0.1) is 6.92 Å². The summed E-state index contributed by atoms with van der Waals surface area (Å²) in [5.74, 6) is -0.546. The van der Waals surface area contributed by atoms with Gasteiger partial charge in [-0.3, -0.25) is 9.59 Å². The van der Waals surface area contributed by atoms with Crippen LogP contribution in [0.3, 0.4) is 0 Å². The minimum atomic E-state index is -3.64. The minimum absolute atomic E-state index is 0.0184. The van der Waals surface area contributed by atoms with Crippen molar-refractivity contribution in [2.75, 3.05) is 17.2 Å². The molecule has 0 spiro atoms. The van der Waals surface area contributed by atoms with E-state index in [9.17, 15) is 18.0 Å². The Morgan fingerprint density at radius 2 is 1.58 bits per heavy atom. The fraction of sp³-hybridized carbons (Fsp3) is 0.222. The van der Waals surface area contributed by atoms with E-state index in [1.54, 1.807) is 36.4 Å². The topological polar surface area (TPSA) is 104 Å². The third-order valence-corrected chi connectivity index (χ3v) is 4.92. The van der Waals surface area contributed by atoms with Gasteiger partial charge in [-0.15, -0.1) is 0 Å². The Morgan fingerprint density at radius 3 is 2.19 bits per heavy atom. The molecule has 0 aliphatic rings. The molecule has 26 heavy (non-hydrogen) atoms. The monoisotopic (exact) mass is 375 g/mol. The quantitative estimate of drug-likeness (QED) is 0.690. The molecule has 2 aromatic rings. The van der Waals surface area contributed by atoms with E-state index in [1.165, 1.54) is 19.1 Å². The second-order valence-corrected chi connectivity index (χ2v) is 7.54. The molecular formula is C18H21N3O4S. The number of nitrogens with one attached hydrogen (secondary N) is 3. The van der Waals surface area contributed by atoms with Crippen molar-refractivity contribution in [1.82, 2.24) is 4.72 Å². The van der Waals surface area contributed by atoms with Gasteiger partial charge in [-0.2, -0.15) is 0 Å². The van der Waals surface area contributed by atoms with E-state index in [0.29, 0.717) is 11.4 Å². The number of rotatable bonds is 7. The lowest BCUT2D eigenvalue weighted by Gasteiger charge is -2.09. The molecule has 2 rings (SSSR count). The van der Waals surface area contributed by atoms with Gasteiger partial charge in [0.25, 0.3) is 0 Å². The van der Waals surface area contributed by atoms with Gasteiger partial charge < -0.3 is 10.6 Å². The van der Waals surface area contributed by atoms with Gasteiger partial charge in [0.15, 0.2) is 0 Å². The molecule has 0 atom stereocenters. The molecule has 0 radical (unpaired) electrons. The summed E-state index contributed by atoms with van der Waals surface area (Å²) in [5, 5.41) is 5.29. The van der Waals surface area contributed by atoms with Crippen molar-refractivity contribution >= 4 is 33.2 Å². The minimum Gasteiger partial charge on any atom is -0.326 e. The van der Waals surface area contributed by atoms with E-state index in [-0.39, 0.29) is 29.7 Å². The zero-order chi connectivity index (χ0) is 19.2. The summed E-state index contributed by atoms with van der Waals surface area (Å²) in [6.45, 7) is 3.24. The lowest BCUT2D eigenvalue weighted by atomic mass is 10.2. The van der Waals surface area contributed by atoms with E-state index in [0.717, 1.165) is 5.56 Å². The molecule has 0 aromatic heterocycles. The molecule has 0 aliphatic heterocycles. The molecule has 0 saturated heterocycles. The van der Waals surface area contributed by atoms with Crippen molar-refractivity contribution in [3.8, 4) is 0 Å². The molecule has 0 bridgehead atoms. The van der Waals surface area contributed by atoms with Gasteiger partial charge in [0.1, 0.15) is 0 Å². The van der Waals surface area contributed by atoms with Crippen molar-refractivity contribution in [3.05, 3.63) is 54.1 Å². The first-order chi connectivity index (χ1) is 12.3. The molecule has 0 heterocycles. The molecule has 8 heteroatoms. The normalized spacial score (nSPS) is 11.0. The van der Waals surface area contributed by atoms with Gasteiger partial charge in [-0.1, -0.05) is 23.8 Å². The average Bonchev–Trinajstić information content (AvgIpc) is 2.54. The highest BCUT2D eigenvalue weighted by Gasteiger charge is 2.14. The number of hydrogen-bond acceptors (Lipinski definition) is 4. The number of aryl methyl sites for hydroxylation is 1. The Balaban J connectivity index is 1.87. The number of hydrogen-bond donors (Lipinski definition) is 3. The van der Waals surface area contributed by atoms with Gasteiger partial charge in [-0.25, -0.2) is 13.1 Å². The SMILES string of the molecule is CC(=O)Nc1cccc(NC(=O)CCNS(=O)(=O)c2ccc(C)cc2)c1. The van der Waals surface area contributed by atoms with Gasteiger partial charge >= 0.3 is 0 Å². The van der Waals surface area contributed by atoms with Crippen molar-refractivity contribution in [3.63, 3.8) is 0 Å². The predicted molar refractivity (Wildman–Crippen MR) is 100 cm³/mol. The lowest BCUT2D eigenvalue weighted by molar-refractivity contribution is -0.116. The molecule has 0 aliphatic carbocycles. The van der Waals surface area contributed by atoms with Crippen LogP contribution >= 0.6 is 0 Å². The number of sulfonamides is 1. The van der Waals surface area contributed by atoms with Crippen LogP contribution in [0.25, 0.3) is 0 Å². The van der Waals surface area contributed by atoms with Gasteiger partial charge in [0, 0.05) is 31.3 Å². The average molecular weight is 375 g/mol. The summed E-state index contributed by atoms with van der Waals surface area (Å²) in [6, 6.07) is 13.2. The van der Waals surface area contributed by atoms with Crippen LogP contribution in [0.4, 0.5) is 11.4 Å². The van der Waals surface area contributed by atoms with Crippen LogP contribution in [0.5, 0.6) is 0 Å². The molecule has 2 aromatic carbocycles. The first kappa shape index (κ1) is 19.6. The smallest absolute Gasteiger partial charge is 0.240 e. The van der Waals surface area contributed by atoms with Gasteiger partial charge in [-0.05, 0) is 37.3 Å². The highest BCUT2D eigenvalue weighted by molar-refractivity contribution is 7.89. The van der Waals surface area contributed by atoms with Gasteiger partial charge in [0.05, 0.1) is 4.90 Å². The maximum absolute atomic E-state index is 12.1. The lowest BCUT2D eigenvalue weighted by Crippen LogP contribution is -2.27. The number of amides is 2. The summed E-state index contributed by atoms with van der Waals surface area (Å²) >= 11 is 0. The molecule has 7 nitrogen and oxygen atoms in total. The van der Waals surface area contributed by atoms with Crippen LogP contribution in [0.2, 0.25) is 0 Å². The van der Waals surface area contributed by atoms with Crippen molar-refractivity contribution < 1.29 is 18.0 Å². The maximum atomic E-state index is 12.1. The predicted octanol–water partition coefficient (Wildman–Crippen LogP) is 2.26. The Labute approximate surface area is 152 Å². The Morgan fingerprint density at radius 1 is 0.962 bits per heavy atom. The third-order valence-electron chi connectivity index (χ3n) is 3.44. The van der Waals surface area contributed by atoms with Crippen molar-refractivity contribution in [1.29, 1.82) is 0 Å². The van der Waals surface area contributed by atoms with E-state index < -0.39 is 10.0 Å². The molecule has 2 amide bonds. The summed E-state index contributed by atoms with van der Waals surface area (Å²) in [5.41, 5.74) is 2.04. The molecular weight excluding hydrogens is 354 g/mol. The Bertz CT molecular complexity index is 893. The second kappa shape index (κ2) is 8.59. The van der Waals surface area contributed by atoms with Crippen LogP contribution in [-0.4, -0.2) is 26.8 Å². The standard InChI is InChI=1S/C18H21N3O4S/c1-13-6-8-17(9-7-13)26(24,25)19-11-10-18(23)21-16-5-3-4-15(12-16)20-14(2)22/h3-9,12,19H,10-11H2,1-2H3,(H,20,22)(H,21,23). The first-order valence-corrected chi connectivity index (χ1v) is 9.48. The van der Waals surface area contributed by atoms with E-state index in [4.69, 9.17) is 0 Å². The molecule has 3 N–H and O–H groups in total. The van der Waals surface area contributed by atoms with Crippen LogP contribution in [0.1, 0.15) is 18.9 Å². The summed E-state index contributed by atoms with van der Waals surface area (Å²) < 4.78 is 26.7. The fourth-order valence-electron chi connectivity index (χ4n) is 2.20. The van der Waals surface area contributed by atoms with E-state index >= 15 is 0 Å². The largest absolute Gasteiger partial charge is 0.326 e. The fourth-order valence-corrected chi connectivity index (χ4v) is 3.23. The zero-order valence-corrected chi connectivity index (χ0v) is 15.4. The molecule has 0 saturated carbocycles. The van der Waals surface area contributed by atoms with Crippen LogP contribution in [-0.2, 0) is 19.6 Å². The Kier molecular flexibility index (Phi) is 6.48. The third kappa shape index (κ3) is 5.98. The first-order valence-electron chi connectivity index (χ1n) is 8.00. The highest BCUT2D eigenvalue weighted by Crippen LogP contribution is 2.15. The van der Waals surface area contributed by atoms with E-state index in [2.05, 4.69) is 15.4 Å². The van der Waals surface area contributed by atoms with E-state index in [1.807, 2.05) is 6.92 Å². The maximum Gasteiger partial charge on any atom is 0.240 e. The van der Waals surface area contributed by atoms with Crippen LogP contribution < -0.4 is 15.4 Å². The highest BCUT2D eigenvalue weighted by atomic mass is 32.2. The summed E-state index contributed by atoms with van der Waals surface area (Å²) in [6.07, 6.45) is -0.0184. The summed E-state index contributed by atoms with van der Waals surface area (Å²) in [4.78, 5) is 23.2. The van der Waals surface area contributed by atoms with Crippen molar-refractivity contribution in [2.24, 2.45) is 0 Å². The van der Waals surface area contributed by atoms with Gasteiger partial charge in [0.2, 0.25) is 21.8 Å². The van der Waals surface area contributed by atoms with Crippen molar-refractivity contribution in [2.45, 2.75) is 25.2 Å². The number of benzene rings is 2. The molecule has 0 unspecified atom stereocenters. The number of carbonyl (C=O) groups excluding carboxylic acids is 2.